The molecule has 1 aromatic rings. The molecule has 8 heteroatoms. The summed E-state index contributed by atoms with van der Waals surface area (Å²) >= 11 is 3.17. The second kappa shape index (κ2) is 7.81. The first-order chi connectivity index (χ1) is 9.42. The van der Waals surface area contributed by atoms with Crippen molar-refractivity contribution in [2.45, 2.75) is 12.5 Å². The van der Waals surface area contributed by atoms with Crippen LogP contribution < -0.4 is 10.6 Å². The minimum Gasteiger partial charge on any atom is -0.481 e. The number of carboxylic acid groups (broad SMARTS) is 1. The van der Waals surface area contributed by atoms with Crippen LogP contribution in [-0.4, -0.2) is 36.9 Å². The summed E-state index contributed by atoms with van der Waals surface area (Å²) in [4.78, 5) is 22.1. The van der Waals surface area contributed by atoms with Gasteiger partial charge in [-0.25, -0.2) is 9.18 Å². The number of benzene rings is 1. The van der Waals surface area contributed by atoms with Crippen molar-refractivity contribution in [3.63, 3.8) is 0 Å². The highest BCUT2D eigenvalue weighted by atomic mass is 79.9. The highest BCUT2D eigenvalue weighted by Gasteiger charge is 2.14. The minimum absolute atomic E-state index is 0.0293. The van der Waals surface area contributed by atoms with Crippen LogP contribution in [0.15, 0.2) is 22.7 Å². The van der Waals surface area contributed by atoms with Crippen LogP contribution in [0.3, 0.4) is 0 Å². The molecule has 1 rings (SSSR count). The van der Waals surface area contributed by atoms with Crippen molar-refractivity contribution in [2.24, 2.45) is 0 Å². The third kappa shape index (κ3) is 5.54. The fourth-order valence-corrected chi connectivity index (χ4v) is 1.75. The van der Waals surface area contributed by atoms with E-state index in [4.69, 9.17) is 9.84 Å². The maximum Gasteiger partial charge on any atom is 0.319 e. The predicted molar refractivity (Wildman–Crippen MR) is 74.2 cm³/mol. The number of aliphatic carboxylic acids is 1. The molecule has 110 valence electrons. The topological polar surface area (TPSA) is 87.7 Å². The van der Waals surface area contributed by atoms with Gasteiger partial charge in [0.05, 0.1) is 18.2 Å². The number of hydrogen-bond acceptors (Lipinski definition) is 3. The molecule has 0 aromatic heterocycles. The Balaban J connectivity index is 2.51. The summed E-state index contributed by atoms with van der Waals surface area (Å²) in [6.45, 7) is 0.0293. The molecular formula is C12H14BrFN2O4. The van der Waals surface area contributed by atoms with Gasteiger partial charge in [-0.05, 0) is 34.1 Å². The molecule has 0 aliphatic carbocycles. The molecule has 1 aromatic carbocycles. The van der Waals surface area contributed by atoms with E-state index < -0.39 is 23.9 Å². The van der Waals surface area contributed by atoms with E-state index in [9.17, 15) is 14.0 Å². The number of methoxy groups -OCH3 is 1. The Bertz CT molecular complexity index is 498. The largest absolute Gasteiger partial charge is 0.481 e. The lowest BCUT2D eigenvalue weighted by Gasteiger charge is -2.14. The van der Waals surface area contributed by atoms with Crippen molar-refractivity contribution in [3.05, 3.63) is 28.5 Å². The first-order valence-corrected chi connectivity index (χ1v) is 6.46. The molecule has 0 heterocycles. The van der Waals surface area contributed by atoms with Crippen LogP contribution in [0.5, 0.6) is 0 Å². The molecule has 6 nitrogen and oxygen atoms in total. The summed E-state index contributed by atoms with van der Waals surface area (Å²) < 4.78 is 18.5. The highest BCUT2D eigenvalue weighted by Crippen LogP contribution is 2.22. The van der Waals surface area contributed by atoms with E-state index in [1.165, 1.54) is 19.2 Å². The quantitative estimate of drug-likeness (QED) is 0.735. The van der Waals surface area contributed by atoms with Crippen LogP contribution in [0.2, 0.25) is 0 Å². The Kier molecular flexibility index (Phi) is 6.40. The molecule has 0 radical (unpaired) electrons. The second-order valence-corrected chi connectivity index (χ2v) is 4.77. The molecule has 1 atom stereocenters. The number of urea groups is 1. The smallest absolute Gasteiger partial charge is 0.319 e. The van der Waals surface area contributed by atoms with Gasteiger partial charge in [-0.2, -0.15) is 0 Å². The summed E-state index contributed by atoms with van der Waals surface area (Å²) in [5.74, 6) is -1.50. The third-order valence-corrected chi connectivity index (χ3v) is 3.09. The lowest BCUT2D eigenvalue weighted by atomic mass is 10.2. The summed E-state index contributed by atoms with van der Waals surface area (Å²) in [6, 6.07) is 3.30. The molecule has 0 fully saturated rings. The number of carbonyl (C=O) groups excluding carboxylic acids is 1. The number of carbonyl (C=O) groups is 2. The van der Waals surface area contributed by atoms with Crippen LogP contribution in [0.1, 0.15) is 6.42 Å². The van der Waals surface area contributed by atoms with E-state index in [0.29, 0.717) is 4.47 Å². The summed E-state index contributed by atoms with van der Waals surface area (Å²) in [5.41, 5.74) is 0.273. The number of hydrogen-bond donors (Lipinski definition) is 3. The fourth-order valence-electron chi connectivity index (χ4n) is 1.40. The second-order valence-electron chi connectivity index (χ2n) is 3.91. The van der Waals surface area contributed by atoms with Crippen molar-refractivity contribution >= 4 is 33.6 Å². The summed E-state index contributed by atoms with van der Waals surface area (Å²) in [6.07, 6.45) is -0.852. The van der Waals surface area contributed by atoms with Crippen molar-refractivity contribution in [1.82, 2.24) is 5.32 Å². The van der Waals surface area contributed by atoms with Crippen LogP contribution in [0, 0.1) is 5.82 Å². The first-order valence-electron chi connectivity index (χ1n) is 5.67. The molecule has 0 spiro atoms. The fraction of sp³-hybridized carbons (Fsp3) is 0.333. The van der Waals surface area contributed by atoms with Gasteiger partial charge in [0, 0.05) is 18.1 Å². The number of anilines is 1. The lowest BCUT2D eigenvalue weighted by Crippen LogP contribution is -2.37. The van der Waals surface area contributed by atoms with Gasteiger partial charge in [-0.15, -0.1) is 0 Å². The monoisotopic (exact) mass is 348 g/mol. The molecule has 3 N–H and O–H groups in total. The van der Waals surface area contributed by atoms with E-state index in [0.717, 1.165) is 6.07 Å². The molecule has 0 saturated heterocycles. The van der Waals surface area contributed by atoms with Gasteiger partial charge in [-0.1, -0.05) is 0 Å². The van der Waals surface area contributed by atoms with Crippen LogP contribution >= 0.6 is 15.9 Å². The molecular weight excluding hydrogens is 335 g/mol. The molecule has 2 amide bonds. The minimum atomic E-state index is -1.02. The maximum atomic E-state index is 13.0. The standard InChI is InChI=1S/C12H14BrFN2O4/c1-20-8(5-11(17)18)6-15-12(19)16-10-4-7(14)2-3-9(10)13/h2-4,8H,5-6H2,1H3,(H,17,18)(H2,15,16,19). The van der Waals surface area contributed by atoms with Gasteiger partial charge in [0.1, 0.15) is 5.82 Å². The maximum absolute atomic E-state index is 13.0. The Labute approximate surface area is 123 Å². The van der Waals surface area contributed by atoms with Crippen LogP contribution in [0.4, 0.5) is 14.9 Å². The molecule has 1 unspecified atom stereocenters. The van der Waals surface area contributed by atoms with Gasteiger partial charge < -0.3 is 20.5 Å². The number of ether oxygens (including phenoxy) is 1. The third-order valence-electron chi connectivity index (χ3n) is 2.40. The van der Waals surface area contributed by atoms with Crippen molar-refractivity contribution in [1.29, 1.82) is 0 Å². The zero-order valence-corrected chi connectivity index (χ0v) is 12.2. The number of halogens is 2. The molecule has 0 saturated carbocycles. The van der Waals surface area contributed by atoms with Gasteiger partial charge in [-0.3, -0.25) is 4.79 Å². The number of rotatable bonds is 6. The Morgan fingerprint density at radius 1 is 1.50 bits per heavy atom. The van der Waals surface area contributed by atoms with E-state index in [2.05, 4.69) is 26.6 Å². The zero-order valence-electron chi connectivity index (χ0n) is 10.7. The normalized spacial score (nSPS) is 11.8. The summed E-state index contributed by atoms with van der Waals surface area (Å²) in [7, 11) is 1.36. The molecule has 0 aliphatic heterocycles. The molecule has 20 heavy (non-hydrogen) atoms. The van der Waals surface area contributed by atoms with Crippen molar-refractivity contribution < 1.29 is 23.8 Å². The first kappa shape index (κ1) is 16.4. The highest BCUT2D eigenvalue weighted by molar-refractivity contribution is 9.10. The Morgan fingerprint density at radius 3 is 2.80 bits per heavy atom. The number of carboxylic acids is 1. The van der Waals surface area contributed by atoms with Gasteiger partial charge in [0.25, 0.3) is 0 Å². The van der Waals surface area contributed by atoms with E-state index >= 15 is 0 Å². The van der Waals surface area contributed by atoms with Gasteiger partial charge in [0.2, 0.25) is 0 Å². The average molecular weight is 349 g/mol. The zero-order chi connectivity index (χ0) is 15.1. The molecule has 0 bridgehead atoms. The van der Waals surface area contributed by atoms with Gasteiger partial charge >= 0.3 is 12.0 Å². The average Bonchev–Trinajstić information content (AvgIpc) is 2.38. The lowest BCUT2D eigenvalue weighted by molar-refractivity contribution is -0.139. The predicted octanol–water partition coefficient (Wildman–Crippen LogP) is 2.20. The van der Waals surface area contributed by atoms with Gasteiger partial charge in [0.15, 0.2) is 0 Å². The van der Waals surface area contributed by atoms with E-state index in [1.807, 2.05) is 0 Å². The number of amides is 2. The van der Waals surface area contributed by atoms with E-state index in [1.54, 1.807) is 0 Å². The van der Waals surface area contributed by atoms with Crippen molar-refractivity contribution in [3.8, 4) is 0 Å². The summed E-state index contributed by atoms with van der Waals surface area (Å²) in [5, 5.41) is 13.5. The number of nitrogens with one attached hydrogen (secondary N) is 2. The van der Waals surface area contributed by atoms with Crippen LogP contribution in [-0.2, 0) is 9.53 Å². The SMILES string of the molecule is COC(CNC(=O)Nc1cc(F)ccc1Br)CC(=O)O. The molecule has 0 aliphatic rings. The van der Waals surface area contributed by atoms with Crippen molar-refractivity contribution in [2.75, 3.05) is 19.0 Å². The Morgan fingerprint density at radius 2 is 2.20 bits per heavy atom. The Hall–Kier alpha value is -1.67. The van der Waals surface area contributed by atoms with Crippen LogP contribution in [0.25, 0.3) is 0 Å². The van der Waals surface area contributed by atoms with E-state index in [-0.39, 0.29) is 18.7 Å².